The molecule has 2 aromatic carbocycles. The molecule has 2 rings (SSSR count). The predicted molar refractivity (Wildman–Crippen MR) is 79.5 cm³/mol. The summed E-state index contributed by atoms with van der Waals surface area (Å²) in [6, 6.07) is 11.9. The van der Waals surface area contributed by atoms with Crippen molar-refractivity contribution in [3.63, 3.8) is 0 Å². The summed E-state index contributed by atoms with van der Waals surface area (Å²) in [6.45, 7) is 2.70. The molecule has 0 atom stereocenters. The van der Waals surface area contributed by atoms with Crippen LogP contribution in [-0.2, 0) is 6.61 Å². The van der Waals surface area contributed by atoms with Crippen LogP contribution in [0.1, 0.15) is 12.5 Å². The lowest BCUT2D eigenvalue weighted by Crippen LogP contribution is -2.00. The van der Waals surface area contributed by atoms with Gasteiger partial charge in [-0.3, -0.25) is 10.1 Å². The smallest absolute Gasteiger partial charge is 0.292 e. The van der Waals surface area contributed by atoms with Crippen LogP contribution < -0.4 is 15.2 Å². The first kappa shape index (κ1) is 14.6. The summed E-state index contributed by atoms with van der Waals surface area (Å²) in [6.07, 6.45) is 0. The molecule has 0 spiro atoms. The van der Waals surface area contributed by atoms with Gasteiger partial charge in [0, 0.05) is 12.1 Å². The minimum absolute atomic E-state index is 0.112. The van der Waals surface area contributed by atoms with Gasteiger partial charge >= 0.3 is 0 Å². The van der Waals surface area contributed by atoms with Gasteiger partial charge < -0.3 is 15.2 Å². The molecule has 2 aromatic rings. The fourth-order valence-corrected chi connectivity index (χ4v) is 1.82. The van der Waals surface area contributed by atoms with Gasteiger partial charge in [-0.25, -0.2) is 0 Å². The number of nitrogen functional groups attached to an aromatic ring is 1. The van der Waals surface area contributed by atoms with Gasteiger partial charge in [-0.15, -0.1) is 0 Å². The van der Waals surface area contributed by atoms with Crippen LogP contribution in [0.2, 0.25) is 0 Å². The van der Waals surface area contributed by atoms with Crippen molar-refractivity contribution in [2.24, 2.45) is 0 Å². The Balaban J connectivity index is 2.07. The standard InChI is InChI=1S/C15H16N2O4/c1-2-20-12-4-3-5-13(9-12)21-10-11-6-7-14(16)15(8-11)17(18)19/h3-9H,2,10,16H2,1H3. The number of anilines is 1. The first-order valence-electron chi connectivity index (χ1n) is 6.48. The number of ether oxygens (including phenoxy) is 2. The van der Waals surface area contributed by atoms with Crippen LogP contribution in [-0.4, -0.2) is 11.5 Å². The molecule has 0 saturated heterocycles. The van der Waals surface area contributed by atoms with Crippen molar-refractivity contribution in [3.8, 4) is 11.5 Å². The first-order valence-corrected chi connectivity index (χ1v) is 6.48. The maximum absolute atomic E-state index is 10.8. The van der Waals surface area contributed by atoms with Gasteiger partial charge in [-0.1, -0.05) is 12.1 Å². The number of rotatable bonds is 6. The van der Waals surface area contributed by atoms with Crippen molar-refractivity contribution in [1.29, 1.82) is 0 Å². The van der Waals surface area contributed by atoms with Gasteiger partial charge in [0.15, 0.2) is 0 Å². The number of nitro benzene ring substituents is 1. The van der Waals surface area contributed by atoms with Crippen LogP contribution >= 0.6 is 0 Å². The van der Waals surface area contributed by atoms with E-state index in [1.165, 1.54) is 12.1 Å². The average Bonchev–Trinajstić information content (AvgIpc) is 2.47. The van der Waals surface area contributed by atoms with E-state index >= 15 is 0 Å². The molecule has 0 amide bonds. The van der Waals surface area contributed by atoms with Crippen LogP contribution in [0.15, 0.2) is 42.5 Å². The SMILES string of the molecule is CCOc1cccc(OCc2ccc(N)c([N+](=O)[O-])c2)c1. The van der Waals surface area contributed by atoms with Gasteiger partial charge in [0.05, 0.1) is 11.5 Å². The highest BCUT2D eigenvalue weighted by atomic mass is 16.6. The highest BCUT2D eigenvalue weighted by Gasteiger charge is 2.12. The Kier molecular flexibility index (Phi) is 4.61. The van der Waals surface area contributed by atoms with Crippen LogP contribution in [0.25, 0.3) is 0 Å². The third-order valence-corrected chi connectivity index (χ3v) is 2.81. The summed E-state index contributed by atoms with van der Waals surface area (Å²) >= 11 is 0. The van der Waals surface area contributed by atoms with Gasteiger partial charge in [0.25, 0.3) is 5.69 Å². The van der Waals surface area contributed by atoms with Crippen LogP contribution in [0.3, 0.4) is 0 Å². The number of hydrogen-bond acceptors (Lipinski definition) is 5. The van der Waals surface area contributed by atoms with Crippen molar-refractivity contribution < 1.29 is 14.4 Å². The van der Waals surface area contributed by atoms with Crippen LogP contribution in [0, 0.1) is 10.1 Å². The second-order valence-electron chi connectivity index (χ2n) is 4.35. The second-order valence-corrected chi connectivity index (χ2v) is 4.35. The van der Waals surface area contributed by atoms with E-state index in [1.807, 2.05) is 19.1 Å². The van der Waals surface area contributed by atoms with Crippen LogP contribution in [0.5, 0.6) is 11.5 Å². The molecule has 0 aliphatic rings. The topological polar surface area (TPSA) is 87.6 Å². The number of nitrogens with two attached hydrogens (primary N) is 1. The first-order chi connectivity index (χ1) is 10.1. The fraction of sp³-hybridized carbons (Fsp3) is 0.200. The van der Waals surface area contributed by atoms with Gasteiger partial charge in [-0.2, -0.15) is 0 Å². The normalized spacial score (nSPS) is 10.1. The molecule has 0 aliphatic heterocycles. The molecule has 0 fully saturated rings. The van der Waals surface area contributed by atoms with E-state index in [0.29, 0.717) is 17.9 Å². The van der Waals surface area contributed by atoms with Gasteiger partial charge in [0.1, 0.15) is 23.8 Å². The molecule has 2 N–H and O–H groups in total. The van der Waals surface area contributed by atoms with Crippen molar-refractivity contribution in [1.82, 2.24) is 0 Å². The Morgan fingerprint density at radius 1 is 1.14 bits per heavy atom. The van der Waals surface area contributed by atoms with E-state index in [4.69, 9.17) is 15.2 Å². The number of benzene rings is 2. The van der Waals surface area contributed by atoms with Crippen molar-refractivity contribution in [2.45, 2.75) is 13.5 Å². The number of hydrogen-bond donors (Lipinski definition) is 1. The predicted octanol–water partition coefficient (Wildman–Crippen LogP) is 3.15. The largest absolute Gasteiger partial charge is 0.494 e. The third-order valence-electron chi connectivity index (χ3n) is 2.81. The Labute approximate surface area is 122 Å². The lowest BCUT2D eigenvalue weighted by Gasteiger charge is -2.09. The molecule has 0 saturated carbocycles. The molecule has 0 heterocycles. The van der Waals surface area contributed by atoms with E-state index in [9.17, 15) is 10.1 Å². The van der Waals surface area contributed by atoms with E-state index in [-0.39, 0.29) is 18.0 Å². The van der Waals surface area contributed by atoms with E-state index in [2.05, 4.69) is 0 Å². The molecule has 0 unspecified atom stereocenters. The van der Waals surface area contributed by atoms with Crippen LogP contribution in [0.4, 0.5) is 11.4 Å². The minimum Gasteiger partial charge on any atom is -0.494 e. The second kappa shape index (κ2) is 6.60. The van der Waals surface area contributed by atoms with E-state index < -0.39 is 4.92 Å². The third kappa shape index (κ3) is 3.85. The summed E-state index contributed by atoms with van der Waals surface area (Å²) in [4.78, 5) is 10.3. The fourth-order valence-electron chi connectivity index (χ4n) is 1.82. The Bertz CT molecular complexity index is 643. The number of nitrogens with zero attached hydrogens (tertiary/aromatic N) is 1. The summed E-state index contributed by atoms with van der Waals surface area (Å²) < 4.78 is 11.0. The molecule has 0 radical (unpaired) electrons. The van der Waals surface area contributed by atoms with Crippen molar-refractivity contribution in [3.05, 3.63) is 58.1 Å². The quantitative estimate of drug-likeness (QED) is 0.501. The maximum Gasteiger partial charge on any atom is 0.292 e. The molecule has 110 valence electrons. The highest BCUT2D eigenvalue weighted by Crippen LogP contribution is 2.24. The molecule has 6 nitrogen and oxygen atoms in total. The monoisotopic (exact) mass is 288 g/mol. The molecule has 0 aliphatic carbocycles. The molecule has 6 heteroatoms. The Morgan fingerprint density at radius 3 is 2.52 bits per heavy atom. The molecule has 0 bridgehead atoms. The van der Waals surface area contributed by atoms with Crippen molar-refractivity contribution in [2.75, 3.05) is 12.3 Å². The zero-order valence-electron chi connectivity index (χ0n) is 11.6. The summed E-state index contributed by atoms with van der Waals surface area (Å²) in [5.41, 5.74) is 6.26. The lowest BCUT2D eigenvalue weighted by atomic mass is 10.2. The molecule has 0 aromatic heterocycles. The van der Waals surface area contributed by atoms with E-state index in [0.717, 1.165) is 5.75 Å². The summed E-state index contributed by atoms with van der Waals surface area (Å²) in [5, 5.41) is 10.8. The molecular weight excluding hydrogens is 272 g/mol. The Hall–Kier alpha value is -2.76. The van der Waals surface area contributed by atoms with Crippen molar-refractivity contribution >= 4 is 11.4 Å². The zero-order chi connectivity index (χ0) is 15.2. The van der Waals surface area contributed by atoms with Gasteiger partial charge in [-0.05, 0) is 30.7 Å². The molecular formula is C15H16N2O4. The average molecular weight is 288 g/mol. The summed E-state index contributed by atoms with van der Waals surface area (Å²) in [5.74, 6) is 1.36. The lowest BCUT2D eigenvalue weighted by molar-refractivity contribution is -0.384. The van der Waals surface area contributed by atoms with E-state index in [1.54, 1.807) is 18.2 Å². The zero-order valence-corrected chi connectivity index (χ0v) is 11.6. The minimum atomic E-state index is -0.505. The highest BCUT2D eigenvalue weighted by molar-refractivity contribution is 5.59. The van der Waals surface area contributed by atoms with Gasteiger partial charge in [0.2, 0.25) is 0 Å². The summed E-state index contributed by atoms with van der Waals surface area (Å²) in [7, 11) is 0. The maximum atomic E-state index is 10.8. The Morgan fingerprint density at radius 2 is 1.86 bits per heavy atom. The molecule has 21 heavy (non-hydrogen) atoms. The number of nitro groups is 1.